The average molecular weight is 467 g/mol. The molecule has 1 aliphatic rings. The van der Waals surface area contributed by atoms with Crippen molar-refractivity contribution in [3.05, 3.63) is 87.6 Å². The number of amides is 2. The summed E-state index contributed by atoms with van der Waals surface area (Å²) in [7, 11) is 0. The normalized spacial score (nSPS) is 15.2. The van der Waals surface area contributed by atoms with E-state index in [2.05, 4.69) is 5.32 Å². The minimum absolute atomic E-state index is 0.127. The molecule has 1 fully saturated rings. The smallest absolute Gasteiger partial charge is 0.248 e. The fraction of sp³-hybridized carbons (Fsp3) is 0.308. The molecule has 0 aliphatic heterocycles. The van der Waals surface area contributed by atoms with E-state index in [-0.39, 0.29) is 24.3 Å². The first-order chi connectivity index (χ1) is 15.6. The zero-order chi connectivity index (χ0) is 22.3. The van der Waals surface area contributed by atoms with Crippen LogP contribution in [0.15, 0.2) is 71.4 Å². The van der Waals surface area contributed by atoms with Gasteiger partial charge in [-0.05, 0) is 65.1 Å². The van der Waals surface area contributed by atoms with Crippen molar-refractivity contribution in [3.63, 3.8) is 0 Å². The van der Waals surface area contributed by atoms with E-state index in [9.17, 15) is 9.59 Å². The van der Waals surface area contributed by atoms with Gasteiger partial charge in [-0.25, -0.2) is 0 Å². The Hall–Kier alpha value is -2.63. The van der Waals surface area contributed by atoms with Crippen LogP contribution in [0.2, 0.25) is 5.02 Å². The van der Waals surface area contributed by atoms with Crippen molar-refractivity contribution in [3.8, 4) is 0 Å². The number of anilines is 1. The zero-order valence-corrected chi connectivity index (χ0v) is 19.4. The van der Waals surface area contributed by atoms with E-state index in [4.69, 9.17) is 11.6 Å². The van der Waals surface area contributed by atoms with Crippen molar-refractivity contribution in [2.24, 2.45) is 0 Å². The fourth-order valence-electron chi connectivity index (χ4n) is 4.27. The third kappa shape index (κ3) is 5.59. The van der Waals surface area contributed by atoms with Crippen LogP contribution in [0.5, 0.6) is 0 Å². The third-order valence-corrected chi connectivity index (χ3v) is 6.87. The summed E-state index contributed by atoms with van der Waals surface area (Å²) >= 11 is 7.68. The number of carbonyl (C=O) groups is 2. The van der Waals surface area contributed by atoms with Gasteiger partial charge in [0.1, 0.15) is 6.04 Å². The van der Waals surface area contributed by atoms with Gasteiger partial charge < -0.3 is 5.32 Å². The Morgan fingerprint density at radius 1 is 1.00 bits per heavy atom. The topological polar surface area (TPSA) is 49.4 Å². The molecular formula is C26H27ClN2O2S. The van der Waals surface area contributed by atoms with Gasteiger partial charge in [0.25, 0.3) is 0 Å². The lowest BCUT2D eigenvalue weighted by Crippen LogP contribution is -2.47. The molecule has 0 spiro atoms. The Bertz CT molecular complexity index is 1020. The summed E-state index contributed by atoms with van der Waals surface area (Å²) in [5, 5.41) is 7.75. The highest BCUT2D eigenvalue weighted by Crippen LogP contribution is 2.31. The second kappa shape index (κ2) is 10.8. The first-order valence-electron chi connectivity index (χ1n) is 11.1. The van der Waals surface area contributed by atoms with Gasteiger partial charge in [-0.15, -0.1) is 0 Å². The zero-order valence-electron chi connectivity index (χ0n) is 17.9. The van der Waals surface area contributed by atoms with E-state index in [1.807, 2.05) is 47.2 Å². The highest BCUT2D eigenvalue weighted by molar-refractivity contribution is 7.08. The van der Waals surface area contributed by atoms with Crippen LogP contribution in [-0.2, 0) is 16.0 Å². The fourth-order valence-corrected chi connectivity index (χ4v) is 5.07. The lowest BCUT2D eigenvalue weighted by molar-refractivity contribution is -0.127. The SMILES string of the molecule is O=C(NC1CCCCC1)[C@@H](c1ccccc1)N(C(=O)Cc1ccsc1)c1ccc(Cl)cc1. The molecule has 0 unspecified atom stereocenters. The highest BCUT2D eigenvalue weighted by Gasteiger charge is 2.34. The molecule has 1 aliphatic carbocycles. The van der Waals surface area contributed by atoms with Gasteiger partial charge in [0, 0.05) is 16.8 Å². The Kier molecular flexibility index (Phi) is 7.61. The number of hydrogen-bond acceptors (Lipinski definition) is 3. The van der Waals surface area contributed by atoms with Crippen LogP contribution in [0.3, 0.4) is 0 Å². The molecule has 2 amide bonds. The number of benzene rings is 2. The second-order valence-electron chi connectivity index (χ2n) is 8.21. The molecule has 166 valence electrons. The summed E-state index contributed by atoms with van der Waals surface area (Å²) in [6.45, 7) is 0. The summed E-state index contributed by atoms with van der Waals surface area (Å²) in [5.41, 5.74) is 2.38. The van der Waals surface area contributed by atoms with Crippen LogP contribution in [0.4, 0.5) is 5.69 Å². The molecule has 1 saturated carbocycles. The molecule has 3 aromatic rings. The minimum Gasteiger partial charge on any atom is -0.351 e. The molecule has 4 rings (SSSR count). The van der Waals surface area contributed by atoms with Crippen LogP contribution in [0.25, 0.3) is 0 Å². The molecular weight excluding hydrogens is 440 g/mol. The van der Waals surface area contributed by atoms with Crippen LogP contribution in [0.1, 0.15) is 49.3 Å². The number of hydrogen-bond donors (Lipinski definition) is 1. The number of nitrogens with zero attached hydrogens (tertiary/aromatic N) is 1. The van der Waals surface area contributed by atoms with Crippen molar-refractivity contribution in [1.82, 2.24) is 5.32 Å². The largest absolute Gasteiger partial charge is 0.351 e. The molecule has 4 nitrogen and oxygen atoms in total. The molecule has 0 bridgehead atoms. The Morgan fingerprint density at radius 2 is 1.72 bits per heavy atom. The van der Waals surface area contributed by atoms with E-state index in [1.165, 1.54) is 6.42 Å². The van der Waals surface area contributed by atoms with Crippen LogP contribution >= 0.6 is 22.9 Å². The van der Waals surface area contributed by atoms with E-state index < -0.39 is 6.04 Å². The molecule has 0 saturated heterocycles. The summed E-state index contributed by atoms with van der Waals surface area (Å²) in [4.78, 5) is 28.9. The third-order valence-electron chi connectivity index (χ3n) is 5.88. The van der Waals surface area contributed by atoms with Crippen LogP contribution < -0.4 is 10.2 Å². The van der Waals surface area contributed by atoms with E-state index >= 15 is 0 Å². The second-order valence-corrected chi connectivity index (χ2v) is 9.42. The number of rotatable bonds is 7. The molecule has 32 heavy (non-hydrogen) atoms. The maximum Gasteiger partial charge on any atom is 0.248 e. The molecule has 1 aromatic heterocycles. The number of halogens is 1. The predicted octanol–water partition coefficient (Wildman–Crippen LogP) is 6.17. The first kappa shape index (κ1) is 22.6. The van der Waals surface area contributed by atoms with Crippen molar-refractivity contribution in [1.29, 1.82) is 0 Å². The van der Waals surface area contributed by atoms with Crippen molar-refractivity contribution >= 4 is 40.4 Å². The van der Waals surface area contributed by atoms with Crippen LogP contribution in [-0.4, -0.2) is 17.9 Å². The van der Waals surface area contributed by atoms with Crippen LogP contribution in [0, 0.1) is 0 Å². The molecule has 6 heteroatoms. The summed E-state index contributed by atoms with van der Waals surface area (Å²) in [6, 6.07) is 18.0. The van der Waals surface area contributed by atoms with Crippen molar-refractivity contribution in [2.45, 2.75) is 50.6 Å². The molecule has 1 atom stereocenters. The monoisotopic (exact) mass is 466 g/mol. The molecule has 0 radical (unpaired) electrons. The first-order valence-corrected chi connectivity index (χ1v) is 12.4. The lowest BCUT2D eigenvalue weighted by Gasteiger charge is -2.33. The van der Waals surface area contributed by atoms with Gasteiger partial charge in [0.05, 0.1) is 6.42 Å². The summed E-state index contributed by atoms with van der Waals surface area (Å²) in [5.74, 6) is -0.268. The Morgan fingerprint density at radius 3 is 2.38 bits per heavy atom. The molecule has 2 aromatic carbocycles. The van der Waals surface area contributed by atoms with Gasteiger partial charge in [-0.1, -0.05) is 61.2 Å². The predicted molar refractivity (Wildman–Crippen MR) is 131 cm³/mol. The van der Waals surface area contributed by atoms with Gasteiger partial charge in [-0.2, -0.15) is 11.3 Å². The maximum absolute atomic E-state index is 13.7. The van der Waals surface area contributed by atoms with Gasteiger partial charge in [-0.3, -0.25) is 14.5 Å². The Balaban J connectivity index is 1.71. The summed E-state index contributed by atoms with van der Waals surface area (Å²) < 4.78 is 0. The lowest BCUT2D eigenvalue weighted by atomic mass is 9.94. The van der Waals surface area contributed by atoms with Gasteiger partial charge >= 0.3 is 0 Å². The minimum atomic E-state index is -0.759. The van der Waals surface area contributed by atoms with Gasteiger partial charge in [0.15, 0.2) is 0 Å². The van der Waals surface area contributed by atoms with Gasteiger partial charge in [0.2, 0.25) is 11.8 Å². The number of nitrogens with one attached hydrogen (secondary N) is 1. The van der Waals surface area contributed by atoms with Crippen molar-refractivity contribution in [2.75, 3.05) is 4.90 Å². The molecule has 1 heterocycles. The number of thiophene rings is 1. The van der Waals surface area contributed by atoms with E-state index in [1.54, 1.807) is 40.5 Å². The van der Waals surface area contributed by atoms with E-state index in [0.29, 0.717) is 10.7 Å². The molecule has 1 N–H and O–H groups in total. The quantitative estimate of drug-likeness (QED) is 0.452. The number of carbonyl (C=O) groups excluding carboxylic acids is 2. The Labute approximate surface area is 198 Å². The highest BCUT2D eigenvalue weighted by atomic mass is 35.5. The van der Waals surface area contributed by atoms with E-state index in [0.717, 1.165) is 36.8 Å². The summed E-state index contributed by atoms with van der Waals surface area (Å²) in [6.07, 6.45) is 5.66. The average Bonchev–Trinajstić information content (AvgIpc) is 3.32. The maximum atomic E-state index is 13.7. The standard InChI is InChI=1S/C26H27ClN2O2S/c27-21-11-13-23(14-12-21)29(24(30)17-19-15-16-32-18-19)25(20-7-3-1-4-8-20)26(31)28-22-9-5-2-6-10-22/h1,3-4,7-8,11-16,18,22,25H,2,5-6,9-10,17H2,(H,28,31)/t25-/m1/s1. The van der Waals surface area contributed by atoms with Crippen molar-refractivity contribution < 1.29 is 9.59 Å².